The second-order valence-corrected chi connectivity index (χ2v) is 6.14. The molecule has 0 N–H and O–H groups in total. The Kier molecular flexibility index (Phi) is 3.28. The van der Waals surface area contributed by atoms with E-state index >= 15 is 0 Å². The Hall–Kier alpha value is -1.82. The third kappa shape index (κ3) is 1.89. The fourth-order valence-electron chi connectivity index (χ4n) is 2.58. The number of carbonyl (C=O) groups is 2. The highest BCUT2D eigenvalue weighted by Crippen LogP contribution is 2.37. The minimum atomic E-state index is -1.83. The van der Waals surface area contributed by atoms with Crippen molar-refractivity contribution in [1.29, 1.82) is 0 Å². The van der Waals surface area contributed by atoms with Crippen molar-refractivity contribution in [2.75, 3.05) is 14.2 Å². The first-order chi connectivity index (χ1) is 10.0. The summed E-state index contributed by atoms with van der Waals surface area (Å²) < 4.78 is 10.2. The van der Waals surface area contributed by atoms with E-state index in [9.17, 15) is 9.59 Å². The van der Waals surface area contributed by atoms with E-state index in [0.29, 0.717) is 11.1 Å². The highest BCUT2D eigenvalue weighted by Gasteiger charge is 2.54. The Morgan fingerprint density at radius 2 is 1.62 bits per heavy atom. The number of thiophene rings is 1. The van der Waals surface area contributed by atoms with Gasteiger partial charge in [-0.05, 0) is 36.8 Å². The van der Waals surface area contributed by atoms with Gasteiger partial charge in [0.1, 0.15) is 0 Å². The van der Waals surface area contributed by atoms with Crippen molar-refractivity contribution in [2.45, 2.75) is 12.7 Å². The minimum absolute atomic E-state index is 0.348. The second-order valence-electron chi connectivity index (χ2n) is 4.85. The predicted molar refractivity (Wildman–Crippen MR) is 79.9 cm³/mol. The van der Waals surface area contributed by atoms with E-state index in [1.165, 1.54) is 19.1 Å². The van der Waals surface area contributed by atoms with Crippen molar-refractivity contribution in [1.82, 2.24) is 0 Å². The van der Waals surface area contributed by atoms with E-state index in [0.717, 1.165) is 10.4 Å². The van der Waals surface area contributed by atoms with E-state index in [1.54, 1.807) is 23.5 Å². The third-order valence-corrected chi connectivity index (χ3v) is 4.76. The topological polar surface area (TPSA) is 52.6 Å². The average molecular weight is 302 g/mol. The van der Waals surface area contributed by atoms with Crippen LogP contribution in [0.5, 0.6) is 0 Å². The van der Waals surface area contributed by atoms with Gasteiger partial charge in [0, 0.05) is 35.1 Å². The number of benzene rings is 1. The fourth-order valence-corrected chi connectivity index (χ4v) is 3.45. The Morgan fingerprint density at radius 3 is 2.19 bits per heavy atom. The smallest absolute Gasteiger partial charge is 0.299 e. The fraction of sp³-hybridized carbons (Fsp3) is 0.250. The summed E-state index contributed by atoms with van der Waals surface area (Å²) in [6.07, 6.45) is 0. The maximum Gasteiger partial charge on any atom is 0.299 e. The molecule has 1 aromatic carbocycles. The zero-order valence-corrected chi connectivity index (χ0v) is 12.7. The number of hydrogen-bond acceptors (Lipinski definition) is 5. The van der Waals surface area contributed by atoms with Gasteiger partial charge < -0.3 is 9.47 Å². The standard InChI is InChI=1S/C16H14O4S/c1-9-4-7-13(21-9)10-5-6-11-12(8-10)15(18)16(19-2,20-3)14(11)17/h4-8H,1-3H3. The van der Waals surface area contributed by atoms with Gasteiger partial charge in [0.05, 0.1) is 0 Å². The molecule has 21 heavy (non-hydrogen) atoms. The zero-order chi connectivity index (χ0) is 15.2. The average Bonchev–Trinajstić information content (AvgIpc) is 3.02. The van der Waals surface area contributed by atoms with Crippen molar-refractivity contribution in [2.24, 2.45) is 0 Å². The quantitative estimate of drug-likeness (QED) is 0.646. The van der Waals surface area contributed by atoms with Gasteiger partial charge in [0.15, 0.2) is 0 Å². The van der Waals surface area contributed by atoms with Crippen LogP contribution in [-0.2, 0) is 9.47 Å². The summed E-state index contributed by atoms with van der Waals surface area (Å²) >= 11 is 1.64. The van der Waals surface area contributed by atoms with Crippen LogP contribution in [-0.4, -0.2) is 31.6 Å². The van der Waals surface area contributed by atoms with E-state index < -0.39 is 17.4 Å². The van der Waals surface area contributed by atoms with E-state index in [4.69, 9.17) is 9.47 Å². The van der Waals surface area contributed by atoms with E-state index in [-0.39, 0.29) is 0 Å². The van der Waals surface area contributed by atoms with Gasteiger partial charge in [0.25, 0.3) is 5.79 Å². The lowest BCUT2D eigenvalue weighted by atomic mass is 10.0. The van der Waals surface area contributed by atoms with Gasteiger partial charge in [-0.2, -0.15) is 0 Å². The molecule has 4 nitrogen and oxygen atoms in total. The Labute approximate surface area is 126 Å². The van der Waals surface area contributed by atoms with Gasteiger partial charge in [-0.15, -0.1) is 11.3 Å². The summed E-state index contributed by atoms with van der Waals surface area (Å²) in [5.41, 5.74) is 1.61. The Bertz CT molecular complexity index is 740. The molecule has 0 radical (unpaired) electrons. The summed E-state index contributed by atoms with van der Waals surface area (Å²) in [5, 5.41) is 0. The predicted octanol–water partition coefficient (Wildman–Crippen LogP) is 3.09. The van der Waals surface area contributed by atoms with Crippen LogP contribution in [0, 0.1) is 6.92 Å². The van der Waals surface area contributed by atoms with Crippen LogP contribution < -0.4 is 0 Å². The van der Waals surface area contributed by atoms with Crippen LogP contribution in [0.25, 0.3) is 10.4 Å². The molecule has 2 aromatic rings. The minimum Gasteiger partial charge on any atom is -0.341 e. The Morgan fingerprint density at radius 1 is 0.952 bits per heavy atom. The molecule has 0 aliphatic heterocycles. The summed E-state index contributed by atoms with van der Waals surface area (Å²) in [6.45, 7) is 2.02. The first kappa shape index (κ1) is 14.1. The highest BCUT2D eigenvalue weighted by atomic mass is 32.1. The molecule has 0 amide bonds. The van der Waals surface area contributed by atoms with E-state index in [1.807, 2.05) is 25.1 Å². The largest absolute Gasteiger partial charge is 0.341 e. The number of hydrogen-bond donors (Lipinski definition) is 0. The zero-order valence-electron chi connectivity index (χ0n) is 11.9. The molecule has 108 valence electrons. The number of aryl methyl sites for hydroxylation is 1. The molecule has 1 heterocycles. The number of fused-ring (bicyclic) bond motifs is 1. The van der Waals surface area contributed by atoms with Gasteiger partial charge in [-0.1, -0.05) is 6.07 Å². The molecular weight excluding hydrogens is 288 g/mol. The number of carbonyl (C=O) groups excluding carboxylic acids is 2. The molecule has 1 aliphatic rings. The molecule has 0 bridgehead atoms. The van der Waals surface area contributed by atoms with Crippen molar-refractivity contribution < 1.29 is 19.1 Å². The van der Waals surface area contributed by atoms with Crippen molar-refractivity contribution in [3.05, 3.63) is 46.3 Å². The molecule has 0 unspecified atom stereocenters. The van der Waals surface area contributed by atoms with Crippen molar-refractivity contribution in [3.8, 4) is 10.4 Å². The summed E-state index contributed by atoms with van der Waals surface area (Å²) in [4.78, 5) is 27.1. The summed E-state index contributed by atoms with van der Waals surface area (Å²) in [7, 11) is 2.60. The van der Waals surface area contributed by atoms with Gasteiger partial charge in [-0.3, -0.25) is 9.59 Å². The maximum atomic E-state index is 12.5. The number of rotatable bonds is 3. The first-order valence-electron chi connectivity index (χ1n) is 6.44. The molecule has 0 spiro atoms. The molecule has 3 rings (SSSR count). The molecule has 0 atom stereocenters. The van der Waals surface area contributed by atoms with Crippen LogP contribution in [0.15, 0.2) is 30.3 Å². The van der Waals surface area contributed by atoms with Gasteiger partial charge in [0.2, 0.25) is 11.6 Å². The number of ether oxygens (including phenoxy) is 2. The third-order valence-electron chi connectivity index (χ3n) is 3.71. The van der Waals surface area contributed by atoms with E-state index in [2.05, 4.69) is 0 Å². The lowest BCUT2D eigenvalue weighted by molar-refractivity contribution is -0.133. The molecule has 1 aromatic heterocycles. The molecule has 0 saturated carbocycles. The maximum absolute atomic E-state index is 12.5. The summed E-state index contributed by atoms with van der Waals surface area (Å²) in [6, 6.07) is 9.27. The lowest BCUT2D eigenvalue weighted by Gasteiger charge is -2.21. The molecule has 0 saturated heterocycles. The molecule has 0 fully saturated rings. The van der Waals surface area contributed by atoms with Crippen LogP contribution in [0.4, 0.5) is 0 Å². The van der Waals surface area contributed by atoms with Crippen LogP contribution in [0.1, 0.15) is 25.6 Å². The van der Waals surface area contributed by atoms with Crippen molar-refractivity contribution in [3.63, 3.8) is 0 Å². The Balaban J connectivity index is 2.13. The SMILES string of the molecule is COC1(OC)C(=O)c2ccc(-c3ccc(C)s3)cc2C1=O. The normalized spacial score (nSPS) is 16.3. The first-order valence-corrected chi connectivity index (χ1v) is 7.26. The van der Waals surface area contributed by atoms with Crippen LogP contribution in [0.3, 0.4) is 0 Å². The van der Waals surface area contributed by atoms with Gasteiger partial charge in [-0.25, -0.2) is 0 Å². The monoisotopic (exact) mass is 302 g/mol. The summed E-state index contributed by atoms with van der Waals surface area (Å²) in [5.74, 6) is -2.71. The van der Waals surface area contributed by atoms with Gasteiger partial charge >= 0.3 is 0 Å². The number of Topliss-reactive ketones (excluding diaryl/α,β-unsaturated/α-hetero) is 2. The highest BCUT2D eigenvalue weighted by molar-refractivity contribution is 7.15. The van der Waals surface area contributed by atoms with Crippen LogP contribution in [0.2, 0.25) is 0 Å². The van der Waals surface area contributed by atoms with Crippen LogP contribution >= 0.6 is 11.3 Å². The molecule has 5 heteroatoms. The van der Waals surface area contributed by atoms with Crippen molar-refractivity contribution >= 4 is 22.9 Å². The second kappa shape index (κ2) is 4.87. The molecular formula is C16H14O4S. The number of ketones is 2. The molecule has 1 aliphatic carbocycles. The lowest BCUT2D eigenvalue weighted by Crippen LogP contribution is -2.45. The number of methoxy groups -OCH3 is 2.